The smallest absolute Gasteiger partial charge is 0.228 e. The first-order valence-corrected chi connectivity index (χ1v) is 4.72. The minimum atomic E-state index is -0.899. The first-order chi connectivity index (χ1) is 7.41. The van der Waals surface area contributed by atoms with Crippen molar-refractivity contribution < 1.29 is 19.8 Å². The number of benzene rings is 1. The average molecular weight is 223 g/mol. The highest BCUT2D eigenvalue weighted by Crippen LogP contribution is 2.26. The van der Waals surface area contributed by atoms with Crippen LogP contribution in [0.25, 0.3) is 0 Å². The lowest BCUT2D eigenvalue weighted by Crippen LogP contribution is -2.30. The number of primary amides is 1. The molecule has 1 unspecified atom stereocenters. The first-order valence-electron chi connectivity index (χ1n) is 4.72. The molecule has 1 amide bonds. The molecule has 1 atom stereocenters. The molecule has 86 valence electrons. The maximum absolute atomic E-state index is 11.1. The van der Waals surface area contributed by atoms with Crippen LogP contribution in [0.2, 0.25) is 0 Å². The summed E-state index contributed by atoms with van der Waals surface area (Å²) in [7, 11) is 0. The Kier molecular flexibility index (Phi) is 3.50. The van der Waals surface area contributed by atoms with Gasteiger partial charge in [0.1, 0.15) is 5.78 Å². The molecule has 0 saturated heterocycles. The zero-order valence-electron chi connectivity index (χ0n) is 8.80. The maximum Gasteiger partial charge on any atom is 0.228 e. The number of carbonyl (C=O) groups excluding carboxylic acids is 2. The van der Waals surface area contributed by atoms with Crippen LogP contribution in [0.5, 0.6) is 11.5 Å². The number of hydrogen-bond donors (Lipinski definition) is 3. The zero-order valence-corrected chi connectivity index (χ0v) is 8.80. The number of rotatable bonds is 4. The molecule has 4 N–H and O–H groups in total. The molecule has 0 saturated carbocycles. The van der Waals surface area contributed by atoms with Crippen LogP contribution in [0.1, 0.15) is 12.5 Å². The average Bonchev–Trinajstić information content (AvgIpc) is 2.18. The van der Waals surface area contributed by atoms with Gasteiger partial charge in [-0.05, 0) is 31.0 Å². The third kappa shape index (κ3) is 2.73. The van der Waals surface area contributed by atoms with Crippen molar-refractivity contribution in [3.05, 3.63) is 23.8 Å². The van der Waals surface area contributed by atoms with E-state index in [2.05, 4.69) is 0 Å². The maximum atomic E-state index is 11.1. The first kappa shape index (κ1) is 12.0. The number of aromatic hydroxyl groups is 2. The van der Waals surface area contributed by atoms with Crippen LogP contribution in [0, 0.1) is 5.92 Å². The predicted octanol–water partition coefficient (Wildman–Crippen LogP) is 0.331. The lowest BCUT2D eigenvalue weighted by Gasteiger charge is -2.10. The van der Waals surface area contributed by atoms with Crippen molar-refractivity contribution in [2.45, 2.75) is 13.3 Å². The lowest BCUT2D eigenvalue weighted by atomic mass is 9.95. The molecule has 0 fully saturated rings. The monoisotopic (exact) mass is 223 g/mol. The van der Waals surface area contributed by atoms with Gasteiger partial charge in [-0.1, -0.05) is 6.07 Å². The van der Waals surface area contributed by atoms with Crippen LogP contribution in [0.15, 0.2) is 18.2 Å². The van der Waals surface area contributed by atoms with Gasteiger partial charge in [-0.15, -0.1) is 0 Å². The van der Waals surface area contributed by atoms with Crippen molar-refractivity contribution in [3.8, 4) is 11.5 Å². The van der Waals surface area contributed by atoms with E-state index in [1.807, 2.05) is 0 Å². The summed E-state index contributed by atoms with van der Waals surface area (Å²) in [5.41, 5.74) is 5.65. The minimum Gasteiger partial charge on any atom is -0.504 e. The van der Waals surface area contributed by atoms with Crippen LogP contribution >= 0.6 is 0 Å². The van der Waals surface area contributed by atoms with Crippen molar-refractivity contribution in [2.24, 2.45) is 11.7 Å². The fourth-order valence-electron chi connectivity index (χ4n) is 1.38. The van der Waals surface area contributed by atoms with Gasteiger partial charge in [-0.25, -0.2) is 0 Å². The molecule has 5 heteroatoms. The number of phenolic OH excluding ortho intramolecular Hbond substituents is 2. The van der Waals surface area contributed by atoms with Gasteiger partial charge in [0.05, 0.1) is 5.92 Å². The Hall–Kier alpha value is -2.04. The molecule has 0 aromatic heterocycles. The standard InChI is InChI=1S/C11H13NO4/c1-6(13)8(11(12)16)4-7-2-3-9(14)10(15)5-7/h2-3,5,8,14-15H,4H2,1H3,(H2,12,16). The highest BCUT2D eigenvalue weighted by Gasteiger charge is 2.21. The molecule has 0 heterocycles. The van der Waals surface area contributed by atoms with E-state index >= 15 is 0 Å². The summed E-state index contributed by atoms with van der Waals surface area (Å²) in [5, 5.41) is 18.3. The van der Waals surface area contributed by atoms with E-state index in [9.17, 15) is 14.7 Å². The van der Waals surface area contributed by atoms with Gasteiger partial charge in [-0.2, -0.15) is 0 Å². The number of ketones is 1. The quantitative estimate of drug-likeness (QED) is 0.505. The van der Waals surface area contributed by atoms with Gasteiger partial charge >= 0.3 is 0 Å². The van der Waals surface area contributed by atoms with Crippen molar-refractivity contribution in [1.82, 2.24) is 0 Å². The van der Waals surface area contributed by atoms with Crippen molar-refractivity contribution >= 4 is 11.7 Å². The third-order valence-electron chi connectivity index (χ3n) is 2.31. The number of hydrogen-bond acceptors (Lipinski definition) is 4. The van der Waals surface area contributed by atoms with E-state index in [1.165, 1.54) is 25.1 Å². The topological polar surface area (TPSA) is 101 Å². The van der Waals surface area contributed by atoms with E-state index in [1.54, 1.807) is 0 Å². The SMILES string of the molecule is CC(=O)C(Cc1ccc(O)c(O)c1)C(N)=O. The summed E-state index contributed by atoms with van der Waals surface area (Å²) >= 11 is 0. The molecule has 0 aliphatic carbocycles. The van der Waals surface area contributed by atoms with Crippen LogP contribution < -0.4 is 5.73 Å². The molecule has 16 heavy (non-hydrogen) atoms. The highest BCUT2D eigenvalue weighted by atomic mass is 16.3. The summed E-state index contributed by atoms with van der Waals surface area (Å²) in [4.78, 5) is 22.1. The zero-order chi connectivity index (χ0) is 12.3. The van der Waals surface area contributed by atoms with E-state index in [4.69, 9.17) is 10.8 Å². The number of phenols is 2. The van der Waals surface area contributed by atoms with Crippen LogP contribution in [0.3, 0.4) is 0 Å². The Labute approximate surface area is 92.5 Å². The Bertz CT molecular complexity index is 414. The van der Waals surface area contributed by atoms with Crippen molar-refractivity contribution in [1.29, 1.82) is 0 Å². The van der Waals surface area contributed by atoms with Crippen LogP contribution in [-0.4, -0.2) is 21.9 Å². The molecule has 1 rings (SSSR count). The Balaban J connectivity index is 2.90. The molecule has 0 spiro atoms. The third-order valence-corrected chi connectivity index (χ3v) is 2.31. The second-order valence-electron chi connectivity index (χ2n) is 3.59. The fraction of sp³-hybridized carbons (Fsp3) is 0.273. The Morgan fingerprint density at radius 3 is 2.38 bits per heavy atom. The summed E-state index contributed by atoms with van der Waals surface area (Å²) in [6.07, 6.45) is 0.124. The molecule has 1 aromatic carbocycles. The fourth-order valence-corrected chi connectivity index (χ4v) is 1.38. The molecule has 1 aromatic rings. The van der Waals surface area contributed by atoms with Gasteiger partial charge in [0.15, 0.2) is 11.5 Å². The summed E-state index contributed by atoms with van der Waals surface area (Å²) < 4.78 is 0. The summed E-state index contributed by atoms with van der Waals surface area (Å²) in [6, 6.07) is 4.12. The van der Waals surface area contributed by atoms with E-state index in [0.29, 0.717) is 5.56 Å². The number of Topliss-reactive ketones (excluding diaryl/α,β-unsaturated/α-hetero) is 1. The van der Waals surface area contributed by atoms with Gasteiger partial charge in [0, 0.05) is 0 Å². The van der Waals surface area contributed by atoms with Gasteiger partial charge < -0.3 is 15.9 Å². The number of amides is 1. The largest absolute Gasteiger partial charge is 0.504 e. The highest BCUT2D eigenvalue weighted by molar-refractivity contribution is 5.99. The molecule has 0 aliphatic rings. The normalized spacial score (nSPS) is 12.1. The molecule has 0 aliphatic heterocycles. The Morgan fingerprint density at radius 1 is 1.31 bits per heavy atom. The lowest BCUT2D eigenvalue weighted by molar-refractivity contribution is -0.130. The van der Waals surface area contributed by atoms with Crippen LogP contribution in [0.4, 0.5) is 0 Å². The summed E-state index contributed by atoms with van der Waals surface area (Å²) in [6.45, 7) is 1.29. The molecule has 0 bridgehead atoms. The second-order valence-corrected chi connectivity index (χ2v) is 3.59. The summed E-state index contributed by atoms with van der Waals surface area (Å²) in [5.74, 6) is -2.45. The number of nitrogens with two attached hydrogens (primary N) is 1. The molecule has 5 nitrogen and oxygen atoms in total. The number of carbonyl (C=O) groups is 2. The van der Waals surface area contributed by atoms with E-state index in [-0.39, 0.29) is 23.7 Å². The minimum absolute atomic E-state index is 0.124. The molecular weight excluding hydrogens is 210 g/mol. The van der Waals surface area contributed by atoms with Gasteiger partial charge in [0.25, 0.3) is 0 Å². The second kappa shape index (κ2) is 4.65. The van der Waals surface area contributed by atoms with Gasteiger partial charge in [-0.3, -0.25) is 9.59 Å². The van der Waals surface area contributed by atoms with E-state index < -0.39 is 11.8 Å². The van der Waals surface area contributed by atoms with Crippen molar-refractivity contribution in [2.75, 3.05) is 0 Å². The predicted molar refractivity (Wildman–Crippen MR) is 56.8 cm³/mol. The van der Waals surface area contributed by atoms with E-state index in [0.717, 1.165) is 0 Å². The molecule has 0 radical (unpaired) electrons. The van der Waals surface area contributed by atoms with Crippen LogP contribution in [-0.2, 0) is 16.0 Å². The van der Waals surface area contributed by atoms with Crippen molar-refractivity contribution in [3.63, 3.8) is 0 Å². The van der Waals surface area contributed by atoms with Gasteiger partial charge in [0.2, 0.25) is 5.91 Å². The Morgan fingerprint density at radius 2 is 1.94 bits per heavy atom. The molecular formula is C11H13NO4.